The largest absolute Gasteiger partial charge is 0.397 e. The first kappa shape index (κ1) is 17.6. The maximum Gasteiger partial charge on any atom is 0.260 e. The summed E-state index contributed by atoms with van der Waals surface area (Å²) in [4.78, 5) is 16.4. The van der Waals surface area contributed by atoms with E-state index >= 15 is 0 Å². The first-order valence-electron chi connectivity index (χ1n) is 8.77. The van der Waals surface area contributed by atoms with Crippen molar-refractivity contribution in [3.63, 3.8) is 0 Å². The molecule has 2 fully saturated rings. The highest BCUT2D eigenvalue weighted by Gasteiger charge is 2.54. The van der Waals surface area contributed by atoms with Gasteiger partial charge >= 0.3 is 0 Å². The Balaban J connectivity index is 1.60. The number of carbonyl (C=O) groups is 1. The molecule has 0 radical (unpaired) electrons. The van der Waals surface area contributed by atoms with Gasteiger partial charge in [0.05, 0.1) is 5.02 Å². The van der Waals surface area contributed by atoms with Crippen molar-refractivity contribution in [2.45, 2.75) is 51.4 Å². The summed E-state index contributed by atoms with van der Waals surface area (Å²) in [6.45, 7) is 2.19. The fourth-order valence-electron chi connectivity index (χ4n) is 5.47. The average Bonchev–Trinajstić information content (AvgIpc) is 2.91. The normalized spacial score (nSPS) is 33.6. The number of fused-ring (bicyclic) bond motifs is 5. The van der Waals surface area contributed by atoms with Crippen LogP contribution in [0.2, 0.25) is 5.02 Å². The number of nitrogens with two attached hydrogens (primary N) is 1. The molecule has 7 heteroatoms. The van der Waals surface area contributed by atoms with Crippen LogP contribution in [0.25, 0.3) is 0 Å². The monoisotopic (exact) mass is 383 g/mol. The van der Waals surface area contributed by atoms with Crippen molar-refractivity contribution in [3.05, 3.63) is 28.3 Å². The van der Waals surface area contributed by atoms with Gasteiger partial charge in [0.1, 0.15) is 5.78 Å². The minimum atomic E-state index is -0.0955. The van der Waals surface area contributed by atoms with Crippen molar-refractivity contribution < 1.29 is 18.3 Å². The third kappa shape index (κ3) is 2.88. The molecule has 0 spiro atoms. The number of Topliss-reactive ketones (excluding diaryl/α,β-unsaturated/α-hetero) is 1. The van der Waals surface area contributed by atoms with E-state index < -0.39 is 0 Å². The molecular weight excluding hydrogens is 362 g/mol. The van der Waals surface area contributed by atoms with E-state index in [1.165, 1.54) is 11.1 Å². The minimum Gasteiger partial charge on any atom is -0.397 e. The van der Waals surface area contributed by atoms with Gasteiger partial charge in [0.15, 0.2) is 5.75 Å². The van der Waals surface area contributed by atoms with Crippen LogP contribution in [-0.4, -0.2) is 5.78 Å². The van der Waals surface area contributed by atoms with Gasteiger partial charge in [-0.1, -0.05) is 18.5 Å². The molecular formula is C18H22ClNO4S. The molecule has 2 N–H and O–H groups in total. The van der Waals surface area contributed by atoms with Crippen LogP contribution in [0.15, 0.2) is 12.1 Å². The van der Waals surface area contributed by atoms with Gasteiger partial charge in [0.25, 0.3) is 12.3 Å². The number of ketones is 1. The molecule has 0 aromatic heterocycles. The zero-order valence-electron chi connectivity index (χ0n) is 14.1. The third-order valence-electron chi connectivity index (χ3n) is 6.68. The van der Waals surface area contributed by atoms with Gasteiger partial charge in [-0.15, -0.1) is 9.32 Å². The van der Waals surface area contributed by atoms with Crippen LogP contribution in [0.3, 0.4) is 0 Å². The van der Waals surface area contributed by atoms with E-state index in [4.69, 9.17) is 21.7 Å². The maximum absolute atomic E-state index is 12.4. The Morgan fingerprint density at radius 2 is 2.12 bits per heavy atom. The van der Waals surface area contributed by atoms with E-state index in [1.54, 1.807) is 0 Å². The van der Waals surface area contributed by atoms with Crippen molar-refractivity contribution in [2.24, 2.45) is 23.1 Å². The highest BCUT2D eigenvalue weighted by Crippen LogP contribution is 2.60. The van der Waals surface area contributed by atoms with Crippen LogP contribution in [-0.2, 0) is 20.5 Å². The van der Waals surface area contributed by atoms with Gasteiger partial charge in [0, 0.05) is 11.8 Å². The summed E-state index contributed by atoms with van der Waals surface area (Å²) in [5.41, 5.74) is 2.51. The first-order valence-corrected chi connectivity index (χ1v) is 9.81. The second kappa shape index (κ2) is 6.74. The summed E-state index contributed by atoms with van der Waals surface area (Å²) in [7, 11) is 0. The molecule has 4 atom stereocenters. The maximum atomic E-state index is 12.4. The predicted octanol–water partition coefficient (Wildman–Crippen LogP) is 4.53. The van der Waals surface area contributed by atoms with E-state index in [-0.39, 0.29) is 5.41 Å². The summed E-state index contributed by atoms with van der Waals surface area (Å²) in [6, 6.07) is 4.03. The topological polar surface area (TPSA) is 70.8 Å². The molecule has 4 rings (SSSR count). The zero-order valence-corrected chi connectivity index (χ0v) is 15.7. The fraction of sp³-hybridized carbons (Fsp3) is 0.611. The Hall–Kier alpha value is -0.790. The number of halogens is 1. The Bertz CT molecular complexity index is 700. The van der Waals surface area contributed by atoms with Crippen LogP contribution >= 0.6 is 23.9 Å². The highest BCUT2D eigenvalue weighted by atomic mass is 35.5. The van der Waals surface area contributed by atoms with Gasteiger partial charge in [-0.05, 0) is 73.1 Å². The molecule has 0 amide bonds. The van der Waals surface area contributed by atoms with Crippen LogP contribution < -0.4 is 10.1 Å². The fourth-order valence-corrected chi connectivity index (χ4v) is 6.00. The van der Waals surface area contributed by atoms with Crippen molar-refractivity contribution in [3.8, 4) is 5.75 Å². The number of hydrogen-bond acceptors (Lipinski definition) is 6. The molecule has 4 unspecified atom stereocenters. The van der Waals surface area contributed by atoms with Crippen LogP contribution in [0.5, 0.6) is 5.75 Å². The minimum absolute atomic E-state index is 0.0955. The van der Waals surface area contributed by atoms with Gasteiger partial charge in [-0.25, -0.2) is 0 Å². The molecule has 0 aliphatic heterocycles. The molecule has 0 bridgehead atoms. The summed E-state index contributed by atoms with van der Waals surface area (Å²) in [6.07, 6.45) is 5.97. The molecule has 3 aliphatic rings. The number of hydrogen-bond donors (Lipinski definition) is 1. The zero-order chi connectivity index (χ0) is 17.6. The first-order chi connectivity index (χ1) is 12.0. The molecule has 3 aliphatic carbocycles. The lowest BCUT2D eigenvalue weighted by Crippen LogP contribution is -2.42. The van der Waals surface area contributed by atoms with Crippen molar-refractivity contribution in [2.75, 3.05) is 0 Å². The van der Waals surface area contributed by atoms with Crippen LogP contribution in [0.1, 0.15) is 56.1 Å². The number of rotatable bonds is 4. The van der Waals surface area contributed by atoms with E-state index in [0.29, 0.717) is 46.6 Å². The molecule has 136 valence electrons. The van der Waals surface area contributed by atoms with E-state index in [1.807, 2.05) is 12.1 Å². The average molecular weight is 384 g/mol. The molecule has 1 aromatic carbocycles. The predicted molar refractivity (Wildman–Crippen MR) is 95.7 cm³/mol. The van der Waals surface area contributed by atoms with Gasteiger partial charge < -0.3 is 4.18 Å². The Morgan fingerprint density at radius 1 is 1.28 bits per heavy atom. The SMILES string of the molecule is CC12CCC3c4cc(Cl)c(OSOON)cc4CCC3C1CCC2=O. The molecule has 2 saturated carbocycles. The quantitative estimate of drug-likeness (QED) is 0.356. The summed E-state index contributed by atoms with van der Waals surface area (Å²) in [5, 5.41) is 0.559. The molecule has 0 heterocycles. The second-order valence-corrected chi connectivity index (χ2v) is 8.48. The van der Waals surface area contributed by atoms with E-state index in [2.05, 4.69) is 16.2 Å². The van der Waals surface area contributed by atoms with Crippen molar-refractivity contribution >= 4 is 29.7 Å². The highest BCUT2D eigenvalue weighted by molar-refractivity contribution is 7.90. The smallest absolute Gasteiger partial charge is 0.260 e. The lowest BCUT2D eigenvalue weighted by molar-refractivity contribution is -0.199. The van der Waals surface area contributed by atoms with Gasteiger partial charge in [-0.2, -0.15) is 5.90 Å². The van der Waals surface area contributed by atoms with Gasteiger partial charge in [0.2, 0.25) is 0 Å². The lowest BCUT2D eigenvalue weighted by Gasteiger charge is -2.48. The lowest BCUT2D eigenvalue weighted by atomic mass is 9.55. The van der Waals surface area contributed by atoms with E-state index in [9.17, 15) is 4.79 Å². The van der Waals surface area contributed by atoms with Crippen LogP contribution in [0.4, 0.5) is 0 Å². The van der Waals surface area contributed by atoms with E-state index in [0.717, 1.165) is 38.5 Å². The summed E-state index contributed by atoms with van der Waals surface area (Å²) >= 11 is 7.05. The summed E-state index contributed by atoms with van der Waals surface area (Å²) in [5.74, 6) is 7.43. The standard InChI is InChI=1S/C18H22ClNO4S/c1-18-7-6-11-12(14(18)4-5-17(18)21)3-2-10-8-16(22-25-24-23-20)15(19)9-13(10)11/h8-9,11-12,14H,2-7,20H2,1H3. The Labute approximate surface area is 156 Å². The molecule has 1 aromatic rings. The summed E-state index contributed by atoms with van der Waals surface area (Å²) < 4.78 is 9.86. The number of carbonyl (C=O) groups excluding carboxylic acids is 1. The van der Waals surface area contributed by atoms with Crippen LogP contribution in [0, 0.1) is 17.3 Å². The number of aryl methyl sites for hydroxylation is 1. The Kier molecular flexibility index (Phi) is 4.75. The third-order valence-corrected chi connectivity index (χ3v) is 7.35. The van der Waals surface area contributed by atoms with Gasteiger partial charge in [-0.3, -0.25) is 4.79 Å². The van der Waals surface area contributed by atoms with Crippen molar-refractivity contribution in [1.82, 2.24) is 0 Å². The second-order valence-electron chi connectivity index (χ2n) is 7.63. The Morgan fingerprint density at radius 3 is 2.92 bits per heavy atom. The molecule has 25 heavy (non-hydrogen) atoms. The molecule has 5 nitrogen and oxygen atoms in total. The number of benzene rings is 1. The molecule has 0 saturated heterocycles. The van der Waals surface area contributed by atoms with Crippen molar-refractivity contribution in [1.29, 1.82) is 0 Å².